The SMILES string of the molecule is CCNC(=NCc1cccc(N(C)C)n1)NC1CC(OCC)C12CCC2.I. The average Bonchev–Trinajstić information content (AvgIpc) is 2.57. The van der Waals surface area contributed by atoms with E-state index < -0.39 is 0 Å². The summed E-state index contributed by atoms with van der Waals surface area (Å²) in [5, 5.41) is 7.05. The largest absolute Gasteiger partial charge is 0.378 e. The second-order valence-electron chi connectivity index (χ2n) is 7.54. The van der Waals surface area contributed by atoms with Gasteiger partial charge in [0.25, 0.3) is 0 Å². The number of halogens is 1. The number of pyridine rings is 1. The zero-order valence-electron chi connectivity index (χ0n) is 17.0. The molecule has 2 unspecified atom stereocenters. The highest BCUT2D eigenvalue weighted by molar-refractivity contribution is 14.0. The van der Waals surface area contributed by atoms with E-state index in [2.05, 4.69) is 29.5 Å². The Hall–Kier alpha value is -1.09. The summed E-state index contributed by atoms with van der Waals surface area (Å²) in [4.78, 5) is 11.4. The highest BCUT2D eigenvalue weighted by Crippen LogP contribution is 2.57. The van der Waals surface area contributed by atoms with Gasteiger partial charge in [0.1, 0.15) is 5.82 Å². The molecule has 2 fully saturated rings. The predicted molar refractivity (Wildman–Crippen MR) is 122 cm³/mol. The molecule has 152 valence electrons. The van der Waals surface area contributed by atoms with Crippen LogP contribution in [0.5, 0.6) is 0 Å². The van der Waals surface area contributed by atoms with Crippen molar-refractivity contribution in [3.8, 4) is 0 Å². The molecule has 1 aromatic rings. The number of hydrogen-bond acceptors (Lipinski definition) is 4. The summed E-state index contributed by atoms with van der Waals surface area (Å²) in [6.45, 7) is 6.43. The van der Waals surface area contributed by atoms with Gasteiger partial charge in [-0.15, -0.1) is 24.0 Å². The summed E-state index contributed by atoms with van der Waals surface area (Å²) in [5.41, 5.74) is 1.31. The van der Waals surface area contributed by atoms with Gasteiger partial charge >= 0.3 is 0 Å². The first-order valence-electron chi connectivity index (χ1n) is 9.88. The number of guanidine groups is 1. The van der Waals surface area contributed by atoms with E-state index in [1.807, 2.05) is 37.2 Å². The Labute approximate surface area is 180 Å². The molecule has 2 saturated carbocycles. The van der Waals surface area contributed by atoms with Gasteiger partial charge in [0.2, 0.25) is 0 Å². The van der Waals surface area contributed by atoms with Gasteiger partial charge in [0.15, 0.2) is 5.96 Å². The van der Waals surface area contributed by atoms with Crippen LogP contribution in [0, 0.1) is 5.41 Å². The molecule has 1 aromatic heterocycles. The standard InChI is InChI=1S/C20H33N5O.HI/c1-5-21-19(22-14-15-9-7-10-18(23-15)25(3)4)24-16-13-17(26-6-2)20(16)11-8-12-20;/h7,9-10,16-17H,5-6,8,11-14H2,1-4H3,(H2,21,22,24);1H. The lowest BCUT2D eigenvalue weighted by Gasteiger charge is -2.61. The molecule has 1 heterocycles. The van der Waals surface area contributed by atoms with Gasteiger partial charge in [-0.3, -0.25) is 0 Å². The van der Waals surface area contributed by atoms with Crippen molar-refractivity contribution in [1.29, 1.82) is 0 Å². The molecule has 2 N–H and O–H groups in total. The van der Waals surface area contributed by atoms with Gasteiger partial charge in [-0.05, 0) is 45.2 Å². The lowest BCUT2D eigenvalue weighted by molar-refractivity contribution is -0.168. The number of hydrogen-bond donors (Lipinski definition) is 2. The minimum absolute atomic E-state index is 0. The molecule has 2 atom stereocenters. The van der Waals surface area contributed by atoms with Crippen LogP contribution in [-0.4, -0.2) is 50.3 Å². The molecule has 0 amide bonds. The van der Waals surface area contributed by atoms with E-state index in [1.54, 1.807) is 0 Å². The Morgan fingerprint density at radius 3 is 2.70 bits per heavy atom. The first-order valence-corrected chi connectivity index (χ1v) is 9.88. The molecule has 2 aliphatic carbocycles. The minimum atomic E-state index is 0. The summed E-state index contributed by atoms with van der Waals surface area (Å²) >= 11 is 0. The van der Waals surface area contributed by atoms with Crippen molar-refractivity contribution in [2.45, 2.75) is 58.2 Å². The normalized spacial score (nSPS) is 23.0. The molecule has 0 radical (unpaired) electrons. The minimum Gasteiger partial charge on any atom is -0.378 e. The third-order valence-corrected chi connectivity index (χ3v) is 5.74. The van der Waals surface area contributed by atoms with Gasteiger partial charge in [-0.25, -0.2) is 9.98 Å². The third-order valence-electron chi connectivity index (χ3n) is 5.74. The Morgan fingerprint density at radius 2 is 2.11 bits per heavy atom. The van der Waals surface area contributed by atoms with Crippen LogP contribution in [-0.2, 0) is 11.3 Å². The van der Waals surface area contributed by atoms with Crippen LogP contribution in [0.25, 0.3) is 0 Å². The van der Waals surface area contributed by atoms with Crippen LogP contribution in [0.15, 0.2) is 23.2 Å². The lowest BCUT2D eigenvalue weighted by atomic mass is 9.51. The summed E-state index contributed by atoms with van der Waals surface area (Å²) in [5.74, 6) is 1.85. The number of anilines is 1. The molecule has 3 rings (SSSR count). The van der Waals surface area contributed by atoms with Gasteiger partial charge < -0.3 is 20.3 Å². The van der Waals surface area contributed by atoms with Crippen molar-refractivity contribution in [3.05, 3.63) is 23.9 Å². The van der Waals surface area contributed by atoms with E-state index in [1.165, 1.54) is 19.3 Å². The Balaban J connectivity index is 0.00000261. The number of ether oxygens (including phenoxy) is 1. The molecule has 0 saturated heterocycles. The van der Waals surface area contributed by atoms with Crippen LogP contribution in [0.4, 0.5) is 5.82 Å². The van der Waals surface area contributed by atoms with E-state index in [4.69, 9.17) is 9.73 Å². The monoisotopic (exact) mass is 487 g/mol. The fourth-order valence-electron chi connectivity index (χ4n) is 4.09. The molecule has 2 aliphatic rings. The predicted octanol–water partition coefficient (Wildman–Crippen LogP) is 3.17. The summed E-state index contributed by atoms with van der Waals surface area (Å²) in [7, 11) is 4.01. The number of rotatable bonds is 7. The molecule has 6 nitrogen and oxygen atoms in total. The van der Waals surface area contributed by atoms with Crippen LogP contribution in [0.3, 0.4) is 0 Å². The molecule has 0 aliphatic heterocycles. The van der Waals surface area contributed by atoms with E-state index in [-0.39, 0.29) is 24.0 Å². The number of aliphatic imine (C=N–C) groups is 1. The van der Waals surface area contributed by atoms with E-state index >= 15 is 0 Å². The Kier molecular flexibility index (Phi) is 8.15. The van der Waals surface area contributed by atoms with E-state index in [9.17, 15) is 0 Å². The average molecular weight is 487 g/mol. The van der Waals surface area contributed by atoms with Crippen LogP contribution in [0.1, 0.15) is 45.2 Å². The van der Waals surface area contributed by atoms with Gasteiger partial charge in [-0.1, -0.05) is 12.5 Å². The second-order valence-corrected chi connectivity index (χ2v) is 7.54. The molecular formula is C20H34IN5O. The maximum Gasteiger partial charge on any atom is 0.191 e. The number of aromatic nitrogens is 1. The first kappa shape index (κ1) is 22.2. The van der Waals surface area contributed by atoms with Crippen molar-refractivity contribution in [3.63, 3.8) is 0 Å². The summed E-state index contributed by atoms with van der Waals surface area (Å²) in [6.07, 6.45) is 5.34. The second kappa shape index (κ2) is 9.91. The molecular weight excluding hydrogens is 453 g/mol. The van der Waals surface area contributed by atoms with Crippen molar-refractivity contribution >= 4 is 35.8 Å². The fourth-order valence-corrected chi connectivity index (χ4v) is 4.09. The topological polar surface area (TPSA) is 61.8 Å². The highest BCUT2D eigenvalue weighted by Gasteiger charge is 2.59. The van der Waals surface area contributed by atoms with Gasteiger partial charge in [-0.2, -0.15) is 0 Å². The number of nitrogens with zero attached hydrogens (tertiary/aromatic N) is 3. The van der Waals surface area contributed by atoms with Crippen LogP contribution < -0.4 is 15.5 Å². The molecule has 27 heavy (non-hydrogen) atoms. The van der Waals surface area contributed by atoms with Crippen molar-refractivity contribution in [2.75, 3.05) is 32.1 Å². The third kappa shape index (κ3) is 4.85. The Bertz CT molecular complexity index is 633. The fraction of sp³-hybridized carbons (Fsp3) is 0.700. The van der Waals surface area contributed by atoms with E-state index in [0.29, 0.717) is 24.1 Å². The Morgan fingerprint density at radius 1 is 1.33 bits per heavy atom. The smallest absolute Gasteiger partial charge is 0.191 e. The lowest BCUT2D eigenvalue weighted by Crippen LogP contribution is -2.68. The maximum absolute atomic E-state index is 5.96. The first-order chi connectivity index (χ1) is 12.6. The molecule has 0 aromatic carbocycles. The molecule has 1 spiro atoms. The van der Waals surface area contributed by atoms with Gasteiger partial charge in [0, 0.05) is 38.7 Å². The summed E-state index contributed by atoms with van der Waals surface area (Å²) < 4.78 is 5.96. The zero-order chi connectivity index (χ0) is 18.6. The van der Waals surface area contributed by atoms with Crippen LogP contribution in [0.2, 0.25) is 0 Å². The van der Waals surface area contributed by atoms with E-state index in [0.717, 1.165) is 37.0 Å². The zero-order valence-corrected chi connectivity index (χ0v) is 19.3. The van der Waals surface area contributed by atoms with Crippen LogP contribution >= 0.6 is 24.0 Å². The van der Waals surface area contributed by atoms with Crippen molar-refractivity contribution < 1.29 is 4.74 Å². The number of nitrogens with one attached hydrogen (secondary N) is 2. The molecule has 0 bridgehead atoms. The quantitative estimate of drug-likeness (QED) is 0.352. The summed E-state index contributed by atoms with van der Waals surface area (Å²) in [6, 6.07) is 6.54. The molecule has 7 heteroatoms. The van der Waals surface area contributed by atoms with Crippen molar-refractivity contribution in [1.82, 2.24) is 15.6 Å². The maximum atomic E-state index is 5.96. The van der Waals surface area contributed by atoms with Crippen molar-refractivity contribution in [2.24, 2.45) is 10.4 Å². The van der Waals surface area contributed by atoms with Gasteiger partial charge in [0.05, 0.1) is 18.3 Å². The highest BCUT2D eigenvalue weighted by atomic mass is 127.